The number of amides is 3. The Morgan fingerprint density at radius 3 is 2.46 bits per heavy atom. The van der Waals surface area contributed by atoms with Gasteiger partial charge in [0.2, 0.25) is 17.7 Å². The Balaban J connectivity index is 2.63. The van der Waals surface area contributed by atoms with Crippen LogP contribution < -0.4 is 16.4 Å². The summed E-state index contributed by atoms with van der Waals surface area (Å²) < 4.78 is 0. The van der Waals surface area contributed by atoms with Crippen LogP contribution in [0, 0.1) is 0 Å². The van der Waals surface area contributed by atoms with E-state index in [0.29, 0.717) is 31.6 Å². The molecule has 0 aromatic carbocycles. The lowest BCUT2D eigenvalue weighted by atomic mass is 10.1. The van der Waals surface area contributed by atoms with Gasteiger partial charge in [0, 0.05) is 6.54 Å². The zero-order valence-electron chi connectivity index (χ0n) is 15.4. The first kappa shape index (κ1) is 22.2. The molecule has 1 fully saturated rings. The number of carbonyl (C=O) groups excluding carboxylic acids is 3. The van der Waals surface area contributed by atoms with Crippen LogP contribution >= 0.6 is 11.8 Å². The maximum Gasteiger partial charge on any atom is 0.326 e. The van der Waals surface area contributed by atoms with E-state index in [1.165, 1.54) is 23.6 Å². The van der Waals surface area contributed by atoms with Gasteiger partial charge < -0.3 is 26.4 Å². The molecular formula is C16H28N4O5S. The Bertz CT molecular complexity index is 543. The topological polar surface area (TPSA) is 142 Å². The molecule has 0 aromatic rings. The van der Waals surface area contributed by atoms with E-state index in [9.17, 15) is 19.2 Å². The highest BCUT2D eigenvalue weighted by Crippen LogP contribution is 2.18. The van der Waals surface area contributed by atoms with E-state index >= 15 is 0 Å². The Morgan fingerprint density at radius 2 is 1.92 bits per heavy atom. The summed E-state index contributed by atoms with van der Waals surface area (Å²) in [6.07, 6.45) is 3.33. The summed E-state index contributed by atoms with van der Waals surface area (Å²) in [5.74, 6) is -1.84. The molecule has 0 radical (unpaired) electrons. The van der Waals surface area contributed by atoms with E-state index in [2.05, 4.69) is 10.6 Å². The van der Waals surface area contributed by atoms with Crippen molar-refractivity contribution in [2.45, 2.75) is 57.3 Å². The smallest absolute Gasteiger partial charge is 0.326 e. The van der Waals surface area contributed by atoms with E-state index in [1.807, 2.05) is 6.26 Å². The summed E-state index contributed by atoms with van der Waals surface area (Å²) in [5, 5.41) is 14.2. The number of carboxylic acid groups (broad SMARTS) is 1. The molecule has 1 aliphatic rings. The Hall–Kier alpha value is -1.81. The summed E-state index contributed by atoms with van der Waals surface area (Å²) in [6.45, 7) is 3.49. The predicted octanol–water partition coefficient (Wildman–Crippen LogP) is -0.848. The quantitative estimate of drug-likeness (QED) is 0.403. The van der Waals surface area contributed by atoms with Gasteiger partial charge in [0.15, 0.2) is 0 Å². The second-order valence-electron chi connectivity index (χ2n) is 6.39. The number of likely N-dealkylation sites (tertiary alicyclic amines) is 1. The average Bonchev–Trinajstić information content (AvgIpc) is 3.06. The number of carboxylic acids is 1. The van der Waals surface area contributed by atoms with Crippen LogP contribution in [0.15, 0.2) is 0 Å². The highest BCUT2D eigenvalue weighted by atomic mass is 32.2. The van der Waals surface area contributed by atoms with E-state index < -0.39 is 42.0 Å². The number of thioether (sulfide) groups is 1. The molecular weight excluding hydrogens is 360 g/mol. The van der Waals surface area contributed by atoms with Crippen LogP contribution in [0.1, 0.15) is 33.1 Å². The minimum Gasteiger partial charge on any atom is -0.480 e. The van der Waals surface area contributed by atoms with Crippen LogP contribution in [0.25, 0.3) is 0 Å². The lowest BCUT2D eigenvalue weighted by Crippen LogP contribution is -2.55. The normalized spacial score (nSPS) is 20.2. The summed E-state index contributed by atoms with van der Waals surface area (Å²) in [5.41, 5.74) is 5.61. The summed E-state index contributed by atoms with van der Waals surface area (Å²) in [6, 6.07) is -3.27. The van der Waals surface area contributed by atoms with Crippen LogP contribution in [0.5, 0.6) is 0 Å². The number of hydrogen-bond acceptors (Lipinski definition) is 6. The molecule has 9 nitrogen and oxygen atoms in total. The first-order valence-corrected chi connectivity index (χ1v) is 9.97. The van der Waals surface area contributed by atoms with Gasteiger partial charge in [0.05, 0.1) is 6.04 Å². The molecule has 5 N–H and O–H groups in total. The summed E-state index contributed by atoms with van der Waals surface area (Å²) in [7, 11) is 0. The van der Waals surface area contributed by atoms with Crippen LogP contribution in [0.2, 0.25) is 0 Å². The predicted molar refractivity (Wildman–Crippen MR) is 98.6 cm³/mol. The minimum absolute atomic E-state index is 0.294. The van der Waals surface area contributed by atoms with E-state index in [1.54, 1.807) is 6.92 Å². The van der Waals surface area contributed by atoms with Crippen molar-refractivity contribution in [3.05, 3.63) is 0 Å². The maximum atomic E-state index is 12.4. The monoisotopic (exact) mass is 388 g/mol. The second kappa shape index (κ2) is 10.4. The number of nitrogens with zero attached hydrogens (tertiary/aromatic N) is 1. The molecule has 1 heterocycles. The maximum absolute atomic E-state index is 12.4. The van der Waals surface area contributed by atoms with Crippen LogP contribution in [0.4, 0.5) is 0 Å². The first-order chi connectivity index (χ1) is 12.2. The van der Waals surface area contributed by atoms with Gasteiger partial charge in [-0.05, 0) is 45.1 Å². The zero-order valence-corrected chi connectivity index (χ0v) is 16.2. The summed E-state index contributed by atoms with van der Waals surface area (Å²) in [4.78, 5) is 49.4. The van der Waals surface area contributed by atoms with Gasteiger partial charge in [0.25, 0.3) is 0 Å². The largest absolute Gasteiger partial charge is 0.480 e. The Labute approximate surface area is 157 Å². The second-order valence-corrected chi connectivity index (χ2v) is 7.38. The standard InChI is InChI=1S/C16H28N4O5S/c1-9(17)15(23)20-7-4-5-12(20)14(22)18-10(2)13(21)19-11(16(24)25)6-8-26-3/h9-12H,4-8,17H2,1-3H3,(H,18,22)(H,19,21)(H,24,25). The van der Waals surface area contributed by atoms with Crippen LogP contribution in [-0.2, 0) is 19.2 Å². The van der Waals surface area contributed by atoms with Crippen molar-refractivity contribution >= 4 is 35.5 Å². The highest BCUT2D eigenvalue weighted by Gasteiger charge is 2.36. The van der Waals surface area contributed by atoms with Crippen molar-refractivity contribution in [3.63, 3.8) is 0 Å². The van der Waals surface area contributed by atoms with Crippen LogP contribution in [0.3, 0.4) is 0 Å². The molecule has 148 valence electrons. The van der Waals surface area contributed by atoms with E-state index in [-0.39, 0.29) is 5.91 Å². The fraction of sp³-hybridized carbons (Fsp3) is 0.750. The summed E-state index contributed by atoms with van der Waals surface area (Å²) >= 11 is 1.48. The average molecular weight is 388 g/mol. The van der Waals surface area contributed by atoms with Crippen molar-refractivity contribution in [2.75, 3.05) is 18.6 Å². The number of hydrogen-bond donors (Lipinski definition) is 4. The minimum atomic E-state index is -1.12. The SMILES string of the molecule is CSCCC(NC(=O)C(C)NC(=O)C1CCCN1C(=O)C(C)N)C(=O)O. The van der Waals surface area contributed by atoms with Gasteiger partial charge in [-0.1, -0.05) is 0 Å². The van der Waals surface area contributed by atoms with Crippen molar-refractivity contribution in [3.8, 4) is 0 Å². The van der Waals surface area contributed by atoms with Gasteiger partial charge in [-0.2, -0.15) is 11.8 Å². The molecule has 10 heteroatoms. The van der Waals surface area contributed by atoms with Crippen molar-refractivity contribution in [2.24, 2.45) is 5.73 Å². The van der Waals surface area contributed by atoms with Crippen molar-refractivity contribution in [1.82, 2.24) is 15.5 Å². The molecule has 0 aliphatic carbocycles. The number of aliphatic carboxylic acids is 1. The Morgan fingerprint density at radius 1 is 1.27 bits per heavy atom. The van der Waals surface area contributed by atoms with E-state index in [0.717, 1.165) is 0 Å². The molecule has 26 heavy (non-hydrogen) atoms. The molecule has 4 atom stereocenters. The van der Waals surface area contributed by atoms with Crippen molar-refractivity contribution < 1.29 is 24.3 Å². The van der Waals surface area contributed by atoms with E-state index in [4.69, 9.17) is 10.8 Å². The van der Waals surface area contributed by atoms with Gasteiger partial charge in [0.1, 0.15) is 18.1 Å². The number of nitrogens with two attached hydrogens (primary N) is 1. The third-order valence-corrected chi connectivity index (χ3v) is 4.85. The highest BCUT2D eigenvalue weighted by molar-refractivity contribution is 7.98. The Kier molecular flexibility index (Phi) is 8.86. The first-order valence-electron chi connectivity index (χ1n) is 8.57. The van der Waals surface area contributed by atoms with Gasteiger partial charge in [-0.25, -0.2) is 4.79 Å². The van der Waals surface area contributed by atoms with Gasteiger partial charge in [-0.3, -0.25) is 14.4 Å². The van der Waals surface area contributed by atoms with Crippen LogP contribution in [-0.4, -0.2) is 76.4 Å². The molecule has 0 saturated carbocycles. The lowest BCUT2D eigenvalue weighted by molar-refractivity contribution is -0.143. The molecule has 1 saturated heterocycles. The molecule has 0 aromatic heterocycles. The fourth-order valence-corrected chi connectivity index (χ4v) is 3.20. The molecule has 1 rings (SSSR count). The third-order valence-electron chi connectivity index (χ3n) is 4.21. The number of rotatable bonds is 9. The molecule has 0 spiro atoms. The molecule has 0 bridgehead atoms. The van der Waals surface area contributed by atoms with Gasteiger partial charge in [-0.15, -0.1) is 0 Å². The van der Waals surface area contributed by atoms with Crippen molar-refractivity contribution in [1.29, 1.82) is 0 Å². The molecule has 1 aliphatic heterocycles. The molecule has 3 amide bonds. The zero-order chi connectivity index (χ0) is 19.9. The number of carbonyl (C=O) groups is 4. The number of nitrogens with one attached hydrogen (secondary N) is 2. The molecule has 4 unspecified atom stereocenters. The van der Waals surface area contributed by atoms with Gasteiger partial charge >= 0.3 is 5.97 Å². The lowest BCUT2D eigenvalue weighted by Gasteiger charge is -2.27. The fourth-order valence-electron chi connectivity index (χ4n) is 2.73. The third kappa shape index (κ3) is 6.17.